The molecule has 0 saturated heterocycles. The molecule has 4 heteroatoms. The Bertz CT molecular complexity index is 563. The molecule has 1 nitrogen and oxygen atoms in total. The Labute approximate surface area is 109 Å². The molecule has 0 aromatic heterocycles. The van der Waals surface area contributed by atoms with E-state index in [-0.39, 0.29) is 11.1 Å². The van der Waals surface area contributed by atoms with Crippen LogP contribution in [0.25, 0.3) is 0 Å². The Balaban J connectivity index is 2.66. The molecule has 0 aliphatic carbocycles. The molecule has 0 bridgehead atoms. The quantitative estimate of drug-likeness (QED) is 0.876. The average molecular weight is 266 g/mol. The summed E-state index contributed by atoms with van der Waals surface area (Å²) >= 11 is 0. The van der Waals surface area contributed by atoms with Crippen molar-refractivity contribution in [1.29, 1.82) is 0 Å². The summed E-state index contributed by atoms with van der Waals surface area (Å²) < 4.78 is 40.1. The zero-order valence-corrected chi connectivity index (χ0v) is 10.3. The third-order valence-electron chi connectivity index (χ3n) is 3.04. The van der Waals surface area contributed by atoms with Gasteiger partial charge in [-0.2, -0.15) is 13.2 Å². The van der Waals surface area contributed by atoms with E-state index in [9.17, 15) is 18.3 Å². The van der Waals surface area contributed by atoms with E-state index < -0.39 is 11.8 Å². The van der Waals surface area contributed by atoms with E-state index in [2.05, 4.69) is 0 Å². The average Bonchev–Trinajstić information content (AvgIpc) is 2.37. The van der Waals surface area contributed by atoms with E-state index in [0.717, 1.165) is 0 Å². The van der Waals surface area contributed by atoms with Gasteiger partial charge in [0.15, 0.2) is 0 Å². The molecule has 0 fully saturated rings. The number of aryl methyl sites for hydroxylation is 1. The summed E-state index contributed by atoms with van der Waals surface area (Å²) in [5.41, 5.74) is -2.68. The molecular formula is C15H13F3O. The second-order valence-electron chi connectivity index (χ2n) is 4.44. The lowest BCUT2D eigenvalue weighted by molar-refractivity contribution is -0.248. The molecule has 0 saturated carbocycles. The number of benzene rings is 2. The van der Waals surface area contributed by atoms with E-state index >= 15 is 0 Å². The van der Waals surface area contributed by atoms with E-state index in [0.29, 0.717) is 5.56 Å². The first-order valence-corrected chi connectivity index (χ1v) is 5.77. The van der Waals surface area contributed by atoms with Gasteiger partial charge in [0, 0.05) is 0 Å². The van der Waals surface area contributed by atoms with Crippen LogP contribution in [0.2, 0.25) is 0 Å². The maximum atomic E-state index is 13.4. The molecule has 2 rings (SSSR count). The molecule has 1 unspecified atom stereocenters. The first kappa shape index (κ1) is 13.6. The lowest BCUT2D eigenvalue weighted by atomic mass is 9.85. The van der Waals surface area contributed by atoms with Gasteiger partial charge in [0.1, 0.15) is 0 Å². The van der Waals surface area contributed by atoms with Crippen molar-refractivity contribution in [2.75, 3.05) is 0 Å². The highest BCUT2D eigenvalue weighted by molar-refractivity contribution is 5.39. The van der Waals surface area contributed by atoms with Gasteiger partial charge >= 0.3 is 6.18 Å². The van der Waals surface area contributed by atoms with Crippen LogP contribution in [0.4, 0.5) is 13.2 Å². The van der Waals surface area contributed by atoms with Gasteiger partial charge in [-0.3, -0.25) is 0 Å². The van der Waals surface area contributed by atoms with Gasteiger partial charge in [-0.25, -0.2) is 0 Å². The Hall–Kier alpha value is -1.81. The first-order chi connectivity index (χ1) is 8.85. The summed E-state index contributed by atoms with van der Waals surface area (Å²) in [6.45, 7) is 1.69. The van der Waals surface area contributed by atoms with Gasteiger partial charge in [0.25, 0.3) is 0 Å². The van der Waals surface area contributed by atoms with Gasteiger partial charge in [-0.1, -0.05) is 60.2 Å². The third kappa shape index (κ3) is 2.36. The molecule has 0 radical (unpaired) electrons. The Morgan fingerprint density at radius 1 is 0.842 bits per heavy atom. The van der Waals surface area contributed by atoms with Crippen molar-refractivity contribution < 1.29 is 18.3 Å². The monoisotopic (exact) mass is 266 g/mol. The summed E-state index contributed by atoms with van der Waals surface area (Å²) in [6, 6.07) is 12.9. The maximum absolute atomic E-state index is 13.4. The Morgan fingerprint density at radius 3 is 1.95 bits per heavy atom. The normalized spacial score (nSPS) is 15.0. The Morgan fingerprint density at radius 2 is 1.42 bits per heavy atom. The van der Waals surface area contributed by atoms with Crippen LogP contribution < -0.4 is 0 Å². The highest BCUT2D eigenvalue weighted by atomic mass is 19.4. The van der Waals surface area contributed by atoms with Crippen molar-refractivity contribution in [2.45, 2.75) is 18.7 Å². The third-order valence-corrected chi connectivity index (χ3v) is 3.04. The van der Waals surface area contributed by atoms with Crippen molar-refractivity contribution in [1.82, 2.24) is 0 Å². The van der Waals surface area contributed by atoms with Crippen molar-refractivity contribution in [3.8, 4) is 0 Å². The highest BCUT2D eigenvalue weighted by Gasteiger charge is 2.56. The molecule has 0 aliphatic rings. The van der Waals surface area contributed by atoms with Gasteiger partial charge < -0.3 is 5.11 Å². The number of hydrogen-bond donors (Lipinski definition) is 1. The molecule has 2 aromatic carbocycles. The fourth-order valence-electron chi connectivity index (χ4n) is 2.04. The summed E-state index contributed by atoms with van der Waals surface area (Å²) in [4.78, 5) is 0. The fraction of sp³-hybridized carbons (Fsp3) is 0.200. The molecule has 2 aromatic rings. The Kier molecular flexibility index (Phi) is 3.37. The maximum Gasteiger partial charge on any atom is 0.425 e. The molecule has 0 heterocycles. The topological polar surface area (TPSA) is 20.2 Å². The van der Waals surface area contributed by atoms with Crippen molar-refractivity contribution >= 4 is 0 Å². The number of hydrogen-bond acceptors (Lipinski definition) is 1. The molecule has 0 spiro atoms. The predicted octanol–water partition coefficient (Wildman–Crippen LogP) is 3.79. The highest BCUT2D eigenvalue weighted by Crippen LogP contribution is 2.44. The van der Waals surface area contributed by atoms with E-state index in [1.165, 1.54) is 42.5 Å². The van der Waals surface area contributed by atoms with E-state index in [1.807, 2.05) is 0 Å². The molecule has 1 N–H and O–H groups in total. The van der Waals surface area contributed by atoms with Gasteiger partial charge in [0.05, 0.1) is 0 Å². The summed E-state index contributed by atoms with van der Waals surface area (Å²) in [5, 5.41) is 10.3. The molecule has 0 amide bonds. The van der Waals surface area contributed by atoms with Crippen LogP contribution in [0.5, 0.6) is 0 Å². The number of halogens is 3. The van der Waals surface area contributed by atoms with Gasteiger partial charge in [0.2, 0.25) is 5.60 Å². The zero-order valence-electron chi connectivity index (χ0n) is 10.3. The van der Waals surface area contributed by atoms with Crippen LogP contribution in [-0.4, -0.2) is 11.3 Å². The van der Waals surface area contributed by atoms with Crippen LogP contribution in [-0.2, 0) is 5.60 Å². The number of aliphatic hydroxyl groups is 1. The van der Waals surface area contributed by atoms with Gasteiger partial charge in [-0.15, -0.1) is 0 Å². The van der Waals surface area contributed by atoms with Crippen molar-refractivity contribution in [3.63, 3.8) is 0 Å². The SMILES string of the molecule is Cc1cccc(C(O)(c2ccccc2)C(F)(F)F)c1. The minimum atomic E-state index is -4.79. The van der Waals surface area contributed by atoms with Crippen LogP contribution in [0, 0.1) is 6.92 Å². The standard InChI is InChI=1S/C15H13F3O/c1-11-6-5-9-13(10-11)14(19,15(16,17)18)12-7-3-2-4-8-12/h2-10,19H,1H3. The van der Waals surface area contributed by atoms with Crippen LogP contribution in [0.3, 0.4) is 0 Å². The minimum Gasteiger partial charge on any atom is -0.372 e. The molecule has 100 valence electrons. The van der Waals surface area contributed by atoms with Crippen molar-refractivity contribution in [2.24, 2.45) is 0 Å². The van der Waals surface area contributed by atoms with Gasteiger partial charge in [-0.05, 0) is 18.1 Å². The smallest absolute Gasteiger partial charge is 0.372 e. The molecule has 1 atom stereocenters. The van der Waals surface area contributed by atoms with E-state index in [4.69, 9.17) is 0 Å². The second-order valence-corrected chi connectivity index (χ2v) is 4.44. The first-order valence-electron chi connectivity index (χ1n) is 5.77. The van der Waals surface area contributed by atoms with Crippen LogP contribution in [0.1, 0.15) is 16.7 Å². The number of alkyl halides is 3. The summed E-state index contributed by atoms with van der Waals surface area (Å²) in [5.74, 6) is 0. The molecule has 0 aliphatic heterocycles. The lowest BCUT2D eigenvalue weighted by Gasteiger charge is -2.31. The van der Waals surface area contributed by atoms with E-state index in [1.54, 1.807) is 19.1 Å². The minimum absolute atomic E-state index is 0.175. The lowest BCUT2D eigenvalue weighted by Crippen LogP contribution is -2.43. The largest absolute Gasteiger partial charge is 0.425 e. The molecule has 19 heavy (non-hydrogen) atoms. The summed E-state index contributed by atoms with van der Waals surface area (Å²) in [7, 11) is 0. The summed E-state index contributed by atoms with van der Waals surface area (Å²) in [6.07, 6.45) is -4.79. The fourth-order valence-corrected chi connectivity index (χ4v) is 2.04. The number of rotatable bonds is 2. The van der Waals surface area contributed by atoms with Crippen LogP contribution in [0.15, 0.2) is 54.6 Å². The predicted molar refractivity (Wildman–Crippen MR) is 66.7 cm³/mol. The van der Waals surface area contributed by atoms with Crippen LogP contribution >= 0.6 is 0 Å². The van der Waals surface area contributed by atoms with Crippen molar-refractivity contribution in [3.05, 3.63) is 71.3 Å². The second kappa shape index (κ2) is 4.70. The molecular weight excluding hydrogens is 253 g/mol. The zero-order chi connectivity index (χ0) is 14.1.